The van der Waals surface area contributed by atoms with E-state index in [1.807, 2.05) is 24.3 Å². The van der Waals surface area contributed by atoms with Gasteiger partial charge in [-0.1, -0.05) is 24.6 Å². The summed E-state index contributed by atoms with van der Waals surface area (Å²) in [6, 6.07) is 7.44. The number of ether oxygens (including phenoxy) is 1. The number of benzene rings is 1. The van der Waals surface area contributed by atoms with Crippen molar-refractivity contribution < 1.29 is 9.15 Å². The van der Waals surface area contributed by atoms with Crippen LogP contribution in [0.4, 0.5) is 0 Å². The third-order valence-electron chi connectivity index (χ3n) is 3.01. The van der Waals surface area contributed by atoms with Crippen LogP contribution < -0.4 is 10.1 Å². The molecule has 0 saturated carbocycles. The van der Waals surface area contributed by atoms with Gasteiger partial charge < -0.3 is 14.5 Å². The molecule has 0 saturated heterocycles. The zero-order chi connectivity index (χ0) is 14.5. The van der Waals surface area contributed by atoms with E-state index >= 15 is 0 Å². The van der Waals surface area contributed by atoms with E-state index in [1.54, 1.807) is 13.4 Å². The maximum Gasteiger partial charge on any atom is 0.139 e. The molecule has 0 spiro atoms. The summed E-state index contributed by atoms with van der Waals surface area (Å²) in [4.78, 5) is 0. The van der Waals surface area contributed by atoms with Crippen LogP contribution in [-0.4, -0.2) is 13.7 Å². The van der Waals surface area contributed by atoms with Gasteiger partial charge in [-0.3, -0.25) is 0 Å². The van der Waals surface area contributed by atoms with Gasteiger partial charge in [0, 0.05) is 10.6 Å². The van der Waals surface area contributed by atoms with Gasteiger partial charge in [-0.2, -0.15) is 0 Å². The number of hydrogen-bond acceptors (Lipinski definition) is 3. The lowest BCUT2D eigenvalue weighted by molar-refractivity contribution is 0.392. The predicted molar refractivity (Wildman–Crippen MR) is 84.5 cm³/mol. The van der Waals surface area contributed by atoms with E-state index in [4.69, 9.17) is 20.8 Å². The normalized spacial score (nSPS) is 12.4. The third-order valence-corrected chi connectivity index (χ3v) is 3.90. The van der Waals surface area contributed by atoms with Gasteiger partial charge in [0.15, 0.2) is 0 Å². The van der Waals surface area contributed by atoms with Crippen LogP contribution in [0.3, 0.4) is 0 Å². The van der Waals surface area contributed by atoms with Crippen LogP contribution in [0.15, 0.2) is 39.4 Å². The van der Waals surface area contributed by atoms with E-state index in [1.165, 1.54) is 0 Å². The van der Waals surface area contributed by atoms with E-state index < -0.39 is 0 Å². The molecule has 0 bridgehead atoms. The highest BCUT2D eigenvalue weighted by atomic mass is 79.9. The fourth-order valence-corrected chi connectivity index (χ4v) is 2.66. The molecule has 0 amide bonds. The second kappa shape index (κ2) is 7.16. The molecule has 1 atom stereocenters. The van der Waals surface area contributed by atoms with Gasteiger partial charge in [0.25, 0.3) is 0 Å². The summed E-state index contributed by atoms with van der Waals surface area (Å²) in [6.07, 6.45) is 2.70. The molecule has 1 heterocycles. The van der Waals surface area contributed by atoms with Gasteiger partial charge in [-0.25, -0.2) is 0 Å². The number of rotatable bonds is 6. The van der Waals surface area contributed by atoms with Gasteiger partial charge in [0.2, 0.25) is 0 Å². The smallest absolute Gasteiger partial charge is 0.139 e. The molecule has 0 aliphatic rings. The van der Waals surface area contributed by atoms with Gasteiger partial charge in [0.1, 0.15) is 11.5 Å². The lowest BCUT2D eigenvalue weighted by atomic mass is 10.0. The number of furan rings is 1. The van der Waals surface area contributed by atoms with Crippen molar-refractivity contribution in [1.82, 2.24) is 5.32 Å². The molecule has 5 heteroatoms. The third kappa shape index (κ3) is 3.37. The lowest BCUT2D eigenvalue weighted by Gasteiger charge is -2.20. The Bertz CT molecular complexity index is 571. The van der Waals surface area contributed by atoms with Gasteiger partial charge in [-0.05, 0) is 47.1 Å². The molecule has 1 N–H and O–H groups in total. The van der Waals surface area contributed by atoms with E-state index in [2.05, 4.69) is 28.2 Å². The SMILES string of the molecule is CCCNC(c1ccc(Cl)cc1OC)c1occc1Br. The first kappa shape index (κ1) is 15.4. The van der Waals surface area contributed by atoms with Crippen LogP contribution in [0.2, 0.25) is 5.02 Å². The van der Waals surface area contributed by atoms with E-state index in [-0.39, 0.29) is 6.04 Å². The standard InChI is InChI=1S/C15H17BrClNO2/c1-3-7-18-14(15-12(16)6-8-20-15)11-5-4-10(17)9-13(11)19-2/h4-6,8-9,14,18H,3,7H2,1-2H3. The fourth-order valence-electron chi connectivity index (χ4n) is 2.07. The van der Waals surface area contributed by atoms with E-state index in [0.29, 0.717) is 5.02 Å². The van der Waals surface area contributed by atoms with Crippen molar-refractivity contribution in [2.24, 2.45) is 0 Å². The zero-order valence-electron chi connectivity index (χ0n) is 11.5. The van der Waals surface area contributed by atoms with Gasteiger partial charge in [-0.15, -0.1) is 0 Å². The summed E-state index contributed by atoms with van der Waals surface area (Å²) < 4.78 is 12.0. The molecule has 0 aliphatic heterocycles. The minimum atomic E-state index is -0.0773. The molecule has 108 valence electrons. The quantitative estimate of drug-likeness (QED) is 0.806. The first-order valence-electron chi connectivity index (χ1n) is 6.47. The van der Waals surface area contributed by atoms with E-state index in [0.717, 1.165) is 34.5 Å². The number of methoxy groups -OCH3 is 1. The molecule has 0 aliphatic carbocycles. The maximum atomic E-state index is 6.03. The highest BCUT2D eigenvalue weighted by Gasteiger charge is 2.22. The van der Waals surface area contributed by atoms with Crippen molar-refractivity contribution in [3.05, 3.63) is 51.3 Å². The molecule has 1 aromatic carbocycles. The summed E-state index contributed by atoms with van der Waals surface area (Å²) in [5.74, 6) is 1.58. The molecule has 0 radical (unpaired) electrons. The molecule has 1 unspecified atom stereocenters. The van der Waals surface area contributed by atoms with Crippen LogP contribution in [0, 0.1) is 0 Å². The van der Waals surface area contributed by atoms with Crippen molar-refractivity contribution in [3.63, 3.8) is 0 Å². The van der Waals surface area contributed by atoms with Crippen LogP contribution >= 0.6 is 27.5 Å². The van der Waals surface area contributed by atoms with Crippen LogP contribution in [0.5, 0.6) is 5.75 Å². The van der Waals surface area contributed by atoms with Crippen molar-refractivity contribution in [1.29, 1.82) is 0 Å². The topological polar surface area (TPSA) is 34.4 Å². The Morgan fingerprint density at radius 3 is 2.80 bits per heavy atom. The van der Waals surface area contributed by atoms with Crippen molar-refractivity contribution in [2.45, 2.75) is 19.4 Å². The highest BCUT2D eigenvalue weighted by molar-refractivity contribution is 9.10. The molecule has 2 rings (SSSR count). The van der Waals surface area contributed by atoms with Crippen molar-refractivity contribution in [3.8, 4) is 5.75 Å². The minimum Gasteiger partial charge on any atom is -0.496 e. The van der Waals surface area contributed by atoms with Gasteiger partial charge in [0.05, 0.1) is 23.9 Å². The summed E-state index contributed by atoms with van der Waals surface area (Å²) in [5.41, 5.74) is 1.00. The lowest BCUT2D eigenvalue weighted by Crippen LogP contribution is -2.23. The Morgan fingerprint density at radius 2 is 2.20 bits per heavy atom. The van der Waals surface area contributed by atoms with Crippen LogP contribution in [0.25, 0.3) is 0 Å². The second-order valence-electron chi connectivity index (χ2n) is 4.41. The minimum absolute atomic E-state index is 0.0773. The summed E-state index contributed by atoms with van der Waals surface area (Å²) in [5, 5.41) is 4.13. The Morgan fingerprint density at radius 1 is 1.40 bits per heavy atom. The van der Waals surface area contributed by atoms with Crippen molar-refractivity contribution >= 4 is 27.5 Å². The molecule has 20 heavy (non-hydrogen) atoms. The molecular formula is C15H17BrClNO2. The predicted octanol–water partition coefficient (Wildman–Crippen LogP) is 4.79. The highest BCUT2D eigenvalue weighted by Crippen LogP contribution is 2.35. The Kier molecular flexibility index (Phi) is 5.52. The average Bonchev–Trinajstić information content (AvgIpc) is 2.86. The number of nitrogens with one attached hydrogen (secondary N) is 1. The molecule has 3 nitrogen and oxygen atoms in total. The number of halogens is 2. The second-order valence-corrected chi connectivity index (χ2v) is 5.70. The Labute approximate surface area is 132 Å². The Balaban J connectivity index is 2.43. The fraction of sp³-hybridized carbons (Fsp3) is 0.333. The molecule has 0 fully saturated rings. The maximum absolute atomic E-state index is 6.03. The van der Waals surface area contributed by atoms with Gasteiger partial charge >= 0.3 is 0 Å². The van der Waals surface area contributed by atoms with Crippen LogP contribution in [-0.2, 0) is 0 Å². The molecule has 1 aromatic heterocycles. The molecular weight excluding hydrogens is 342 g/mol. The number of hydrogen-bond donors (Lipinski definition) is 1. The summed E-state index contributed by atoms with van der Waals surface area (Å²) in [7, 11) is 1.64. The molecule has 2 aromatic rings. The van der Waals surface area contributed by atoms with Crippen LogP contribution in [0.1, 0.15) is 30.7 Å². The first-order chi connectivity index (χ1) is 9.67. The van der Waals surface area contributed by atoms with E-state index in [9.17, 15) is 0 Å². The van der Waals surface area contributed by atoms with Crippen molar-refractivity contribution in [2.75, 3.05) is 13.7 Å². The monoisotopic (exact) mass is 357 g/mol. The average molecular weight is 359 g/mol. The Hall–Kier alpha value is -0.970. The summed E-state index contributed by atoms with van der Waals surface area (Å²) in [6.45, 7) is 3.00. The largest absolute Gasteiger partial charge is 0.496 e. The zero-order valence-corrected chi connectivity index (χ0v) is 13.8. The first-order valence-corrected chi connectivity index (χ1v) is 7.64. The summed E-state index contributed by atoms with van der Waals surface area (Å²) >= 11 is 9.54.